The first-order chi connectivity index (χ1) is 37.1. The summed E-state index contributed by atoms with van der Waals surface area (Å²) in [5, 5.41) is 17.7. The summed E-state index contributed by atoms with van der Waals surface area (Å²) < 4.78 is 47.8. The largest absolute Gasteiger partial charge is 0.456 e. The van der Waals surface area contributed by atoms with Gasteiger partial charge in [0.1, 0.15) is 23.9 Å². The summed E-state index contributed by atoms with van der Waals surface area (Å²) >= 11 is 0. The van der Waals surface area contributed by atoms with Gasteiger partial charge >= 0.3 is 23.9 Å². The molecule has 0 aromatic heterocycles. The Labute approximate surface area is 462 Å². The summed E-state index contributed by atoms with van der Waals surface area (Å²) in [6, 6.07) is 29.0. The first-order valence-corrected chi connectivity index (χ1v) is 33.4. The number of ether oxygens (including phenoxy) is 5. The highest BCUT2D eigenvalue weighted by molar-refractivity contribution is 6.74. The third kappa shape index (κ3) is 10.5. The molecule has 2 bridgehead atoms. The number of esters is 4. The Morgan fingerprint density at radius 2 is 1.31 bits per heavy atom. The molecule has 0 radical (unpaired) electrons. The summed E-state index contributed by atoms with van der Waals surface area (Å²) in [7, 11) is -5.41. The number of carbonyl (C=O) groups excluding carboxylic acids is 6. The Balaban J connectivity index is 1.36. The monoisotopic (exact) mass is 1110 g/mol. The van der Waals surface area contributed by atoms with Gasteiger partial charge in [0.15, 0.2) is 40.2 Å². The number of Topliss-reactive ketones (excluding diaryl/α,β-unsaturated/α-hetero) is 1. The van der Waals surface area contributed by atoms with E-state index in [9.17, 15) is 19.5 Å². The van der Waals surface area contributed by atoms with E-state index in [1.54, 1.807) is 100 Å². The van der Waals surface area contributed by atoms with Crippen LogP contribution in [0, 0.1) is 22.7 Å². The normalized spacial score (nSPS) is 29.2. The minimum absolute atomic E-state index is 0.112. The molecule has 3 saturated carbocycles. The second-order valence-corrected chi connectivity index (χ2v) is 32.6. The van der Waals surface area contributed by atoms with Gasteiger partial charge in [0.25, 0.3) is 5.91 Å². The van der Waals surface area contributed by atoms with Crippen molar-refractivity contribution in [1.82, 2.24) is 5.32 Å². The number of fused-ring (bicyclic) bond motifs is 5. The third-order valence-corrected chi connectivity index (χ3v) is 28.2. The van der Waals surface area contributed by atoms with Gasteiger partial charge < -0.3 is 43.0 Å². The van der Waals surface area contributed by atoms with Gasteiger partial charge in [0.2, 0.25) is 0 Å². The van der Waals surface area contributed by atoms with Crippen molar-refractivity contribution < 1.29 is 66.4 Å². The maximum absolute atomic E-state index is 16.8. The highest BCUT2D eigenvalue weighted by Gasteiger charge is 2.79. The van der Waals surface area contributed by atoms with Gasteiger partial charge in [0, 0.05) is 30.7 Å². The average molecular weight is 1110 g/mol. The second kappa shape index (κ2) is 23.0. The zero-order valence-electron chi connectivity index (χ0n) is 47.4. The molecule has 422 valence electrons. The van der Waals surface area contributed by atoms with Gasteiger partial charge in [-0.2, -0.15) is 0 Å². The lowest BCUT2D eigenvalue weighted by atomic mass is 9.44. The molecule has 1 heterocycles. The van der Waals surface area contributed by atoms with Crippen LogP contribution < -0.4 is 5.32 Å². The molecule has 11 atom stereocenters. The van der Waals surface area contributed by atoms with E-state index in [0.29, 0.717) is 65.8 Å². The molecule has 3 aromatic rings. The minimum Gasteiger partial charge on any atom is -0.456 e. The number of carbonyl (C=O) groups is 6. The number of aliphatic hydroxyl groups is 1. The number of nitrogens with one attached hydrogen (secondary N) is 1. The Kier molecular flexibility index (Phi) is 17.4. The van der Waals surface area contributed by atoms with E-state index in [-0.39, 0.29) is 24.2 Å². The van der Waals surface area contributed by atoms with E-state index in [0.717, 1.165) is 0 Å². The van der Waals surface area contributed by atoms with Crippen LogP contribution in [0.15, 0.2) is 102 Å². The molecule has 5 aliphatic rings. The molecule has 1 saturated heterocycles. The molecule has 0 unspecified atom stereocenters. The van der Waals surface area contributed by atoms with Crippen LogP contribution in [-0.2, 0) is 51.7 Å². The first kappa shape index (κ1) is 58.8. The fourth-order valence-electron chi connectivity index (χ4n) is 13.3. The molecule has 3 aromatic carbocycles. The molecule has 2 N–H and O–H groups in total. The van der Waals surface area contributed by atoms with E-state index >= 15 is 14.4 Å². The fraction of sp³-hybridized carbons (Fsp3) is 0.574. The number of ketones is 1. The molecular formula is C61H81NO14Si2. The zero-order chi connectivity index (χ0) is 56.6. The topological polar surface area (TPSA) is 199 Å². The zero-order valence-corrected chi connectivity index (χ0v) is 49.4. The number of hydrogen-bond donors (Lipinski definition) is 2. The third-order valence-electron chi connectivity index (χ3n) is 18.9. The number of rotatable bonds is 21. The van der Waals surface area contributed by atoms with Crippen LogP contribution in [0.2, 0.25) is 36.3 Å². The van der Waals surface area contributed by atoms with Crippen LogP contribution in [0.25, 0.3) is 0 Å². The van der Waals surface area contributed by atoms with Crippen LogP contribution in [-0.4, -0.2) is 112 Å². The van der Waals surface area contributed by atoms with E-state index in [1.165, 1.54) is 6.92 Å². The van der Waals surface area contributed by atoms with Crippen molar-refractivity contribution in [2.75, 3.05) is 6.61 Å². The second-order valence-electron chi connectivity index (χ2n) is 23.1. The minimum atomic E-state index is -2.76. The highest BCUT2D eigenvalue weighted by Crippen LogP contribution is 2.65. The highest BCUT2D eigenvalue weighted by atomic mass is 28.4. The molecule has 15 nitrogen and oxygen atoms in total. The Hall–Kier alpha value is -5.31. The predicted molar refractivity (Wildman–Crippen MR) is 297 cm³/mol. The fourth-order valence-corrected chi connectivity index (χ4v) is 19.0. The summed E-state index contributed by atoms with van der Waals surface area (Å²) in [4.78, 5) is 89.9. The number of amides is 1. The maximum Gasteiger partial charge on any atom is 0.338 e. The van der Waals surface area contributed by atoms with Gasteiger partial charge in [-0.15, -0.1) is 0 Å². The number of hydrogen-bond acceptors (Lipinski definition) is 14. The molecule has 0 spiro atoms. The van der Waals surface area contributed by atoms with Crippen LogP contribution in [0.1, 0.15) is 134 Å². The van der Waals surface area contributed by atoms with E-state index in [4.69, 9.17) is 32.5 Å². The van der Waals surface area contributed by atoms with Crippen LogP contribution in [0.5, 0.6) is 0 Å². The lowest BCUT2D eigenvalue weighted by Crippen LogP contribution is -2.82. The van der Waals surface area contributed by atoms with Crippen molar-refractivity contribution >= 4 is 52.2 Å². The molecule has 1 amide bonds. The van der Waals surface area contributed by atoms with Crippen LogP contribution in [0.4, 0.5) is 0 Å². The molecule has 17 heteroatoms. The average Bonchev–Trinajstić information content (AvgIpc) is 4.37. The van der Waals surface area contributed by atoms with E-state index in [1.807, 2.05) is 39.0 Å². The van der Waals surface area contributed by atoms with Gasteiger partial charge in [-0.25, -0.2) is 9.59 Å². The molecule has 78 heavy (non-hydrogen) atoms. The lowest BCUT2D eigenvalue weighted by molar-refractivity contribution is -0.345. The predicted octanol–water partition coefficient (Wildman–Crippen LogP) is 10.2. The van der Waals surface area contributed by atoms with Gasteiger partial charge in [-0.1, -0.05) is 122 Å². The molecule has 1 aliphatic heterocycles. The van der Waals surface area contributed by atoms with Crippen molar-refractivity contribution in [3.8, 4) is 0 Å². The maximum atomic E-state index is 16.8. The molecular weight excluding hydrogens is 1030 g/mol. The smallest absolute Gasteiger partial charge is 0.338 e. The SMILES string of the molecule is CC[Si](CC)(CC)O[C@H]1C[C@H]2OC[C@@]2(OC(=O)C2CC2)[C@H]2[C@H](OC(=O)c3ccccc3)[C@]3(O)C[C@H](OC(=O)[C@H](O[Si](CC)(CC)CC)[C@@H](NC(=O)c4ccccc4)c4ccccc4)C(C)=C([C@@H](OC(C)=O)C(=O)[C@]12C)C3(C)C. The van der Waals surface area contributed by atoms with E-state index in [2.05, 4.69) is 26.1 Å². The summed E-state index contributed by atoms with van der Waals surface area (Å²) in [5.41, 5.74) is -5.84. The van der Waals surface area contributed by atoms with E-state index < -0.39 is 135 Å². The van der Waals surface area contributed by atoms with Gasteiger partial charge in [-0.05, 0) is 104 Å². The quantitative estimate of drug-likeness (QED) is 0.0442. The van der Waals surface area contributed by atoms with Gasteiger partial charge in [-0.3, -0.25) is 19.2 Å². The molecule has 8 rings (SSSR count). The van der Waals surface area contributed by atoms with Crippen molar-refractivity contribution in [3.63, 3.8) is 0 Å². The van der Waals surface area contributed by atoms with Crippen molar-refractivity contribution in [2.45, 2.75) is 192 Å². The summed E-state index contributed by atoms with van der Waals surface area (Å²) in [5.74, 6) is -5.83. The standard InChI is InChI=1S/C61H81NO14Si2/c1-12-77(13-2,14-3)75-45-35-46-60(37-70-46,74-56(67)43-33-34-43)51-53(73-55(66)42-31-25-20-26-32-42)61(69)36-44(38(7)47(58(61,9)10)49(71-39(8)63)52(64)59(45,51)11)72-57(68)50(76-78(15-4,16-5)17-6)48(40-27-21-18-22-28-40)62-54(65)41-29-23-19-24-30-41/h18-32,43-46,48-51,53,69H,12-17,33-37H2,1-11H3,(H,62,65)/t44-,45-,46+,48-,49+,50+,51-,53-,59+,60-,61+/m0/s1. The molecule has 4 fully saturated rings. The summed E-state index contributed by atoms with van der Waals surface area (Å²) in [6.07, 6.45) is -7.17. The van der Waals surface area contributed by atoms with Crippen LogP contribution in [0.3, 0.4) is 0 Å². The van der Waals surface area contributed by atoms with Crippen LogP contribution >= 0.6 is 0 Å². The summed E-state index contributed by atoms with van der Waals surface area (Å²) in [6.45, 7) is 20.1. The number of benzene rings is 3. The lowest BCUT2D eigenvalue weighted by Gasteiger charge is -2.68. The Morgan fingerprint density at radius 3 is 1.82 bits per heavy atom. The Morgan fingerprint density at radius 1 is 0.756 bits per heavy atom. The van der Waals surface area contributed by atoms with Crippen molar-refractivity contribution in [2.24, 2.45) is 22.7 Å². The first-order valence-electron chi connectivity index (χ1n) is 28.3. The van der Waals surface area contributed by atoms with Gasteiger partial charge in [0.05, 0.1) is 41.6 Å². The Bertz CT molecular complexity index is 2710. The van der Waals surface area contributed by atoms with Crippen molar-refractivity contribution in [1.29, 1.82) is 0 Å². The molecule has 4 aliphatic carbocycles. The van der Waals surface area contributed by atoms with Crippen molar-refractivity contribution in [3.05, 3.63) is 119 Å².